The van der Waals surface area contributed by atoms with E-state index in [9.17, 15) is 31.5 Å². The van der Waals surface area contributed by atoms with Crippen LogP contribution in [0.3, 0.4) is 0 Å². The number of methoxy groups -OCH3 is 1. The molecule has 24 heteroatoms. The molecule has 2 unspecified atom stereocenters. The van der Waals surface area contributed by atoms with E-state index in [1.807, 2.05) is 43.4 Å². The Balaban J connectivity index is 0.000000315. The van der Waals surface area contributed by atoms with E-state index in [1.54, 1.807) is 84.6 Å². The normalized spacial score (nSPS) is 15.0. The summed E-state index contributed by atoms with van der Waals surface area (Å²) in [7, 11) is -9.46. The number of nitrogens with zero attached hydrogens (tertiary/aromatic N) is 2. The molecule has 0 spiro atoms. The van der Waals surface area contributed by atoms with Gasteiger partial charge in [-0.05, 0) is 58.7 Å². The average molecular weight is 1070 g/mol. The standard InChI is InChI=1S/C23H31N3O4S.C22H29N3O4S.2CH4O3S/c1-25(23(27)16-18-9-4-5-12-21(18)24-31(3,28)29)22(17-26-13-6-7-14-26)19-10-8-11-20(15-19)30-2;1-24(22(27)15-17-8-3-4-11-20(17)23-30(2,28)29)21(16-25-12-5-6-13-25)18-9-7-10-19(26)14-18;2*1-5(2,3)4/h4-5,8-12,15,22,24H,6-7,13-14,16-17H2,1-3H3;3-4,7-11,14,21,23,26H,5-6,12-13,15-16H2,1-2H3;2*1H3,(H,2,3,4). The van der Waals surface area contributed by atoms with Crippen molar-refractivity contribution in [1.29, 1.82) is 0 Å². The van der Waals surface area contributed by atoms with Crippen LogP contribution >= 0.6 is 0 Å². The zero-order valence-corrected chi connectivity index (χ0v) is 44.4. The predicted octanol–water partition coefficient (Wildman–Crippen LogP) is 0.995. The second-order valence-electron chi connectivity index (χ2n) is 17.6. The van der Waals surface area contributed by atoms with Crippen LogP contribution in [-0.2, 0) is 62.7 Å². The molecule has 2 amide bonds. The van der Waals surface area contributed by atoms with Crippen LogP contribution in [0.2, 0.25) is 0 Å². The Labute approximate surface area is 419 Å². The number of likely N-dealkylation sites (tertiary alicyclic amines) is 2. The lowest BCUT2D eigenvalue weighted by atomic mass is 10.0. The molecular formula is C47H68N6O14S4. The summed E-state index contributed by atoms with van der Waals surface area (Å²) in [4.78, 5) is 32.9. The molecular weight excluding hydrogens is 1000 g/mol. The maximum absolute atomic E-state index is 13.3. The molecule has 20 nitrogen and oxygen atoms in total. The molecule has 0 bridgehead atoms. The maximum atomic E-state index is 13.3. The largest absolute Gasteiger partial charge is 0.748 e. The molecule has 2 fully saturated rings. The van der Waals surface area contributed by atoms with Crippen molar-refractivity contribution in [3.05, 3.63) is 119 Å². The van der Waals surface area contributed by atoms with Gasteiger partial charge in [0.05, 0.1) is 90.3 Å². The minimum Gasteiger partial charge on any atom is -0.748 e. The van der Waals surface area contributed by atoms with Gasteiger partial charge in [0, 0.05) is 52.3 Å². The molecule has 6 rings (SSSR count). The lowest BCUT2D eigenvalue weighted by Crippen LogP contribution is -3.10. The molecule has 394 valence electrons. The van der Waals surface area contributed by atoms with Crippen LogP contribution in [0.4, 0.5) is 11.4 Å². The number of sulfonamides is 2. The van der Waals surface area contributed by atoms with Gasteiger partial charge in [-0.2, -0.15) is 0 Å². The number of quaternary nitrogens is 2. The van der Waals surface area contributed by atoms with Crippen molar-refractivity contribution in [3.63, 3.8) is 0 Å². The Morgan fingerprint density at radius 3 is 1.30 bits per heavy atom. The summed E-state index contributed by atoms with van der Waals surface area (Å²) in [6.07, 6.45) is 8.40. The van der Waals surface area contributed by atoms with E-state index in [0.717, 1.165) is 68.7 Å². The zero-order chi connectivity index (χ0) is 53.2. The van der Waals surface area contributed by atoms with Crippen molar-refractivity contribution in [2.45, 2.75) is 50.6 Å². The summed E-state index contributed by atoms with van der Waals surface area (Å²) in [6, 6.07) is 28.6. The minimum atomic E-state index is -3.92. The van der Waals surface area contributed by atoms with Gasteiger partial charge in [0.15, 0.2) is 0 Å². The number of aromatic hydroxyl groups is 1. The quantitative estimate of drug-likeness (QED) is 0.0923. The third-order valence-electron chi connectivity index (χ3n) is 11.3. The zero-order valence-electron chi connectivity index (χ0n) is 41.2. The van der Waals surface area contributed by atoms with E-state index < -0.39 is 40.3 Å². The predicted molar refractivity (Wildman–Crippen MR) is 270 cm³/mol. The Hall–Kier alpha value is -5.34. The summed E-state index contributed by atoms with van der Waals surface area (Å²) in [5, 5.41) is 9.95. The highest BCUT2D eigenvalue weighted by Gasteiger charge is 2.30. The first-order valence-electron chi connectivity index (χ1n) is 22.5. The van der Waals surface area contributed by atoms with Gasteiger partial charge in [-0.15, -0.1) is 0 Å². The molecule has 2 saturated heterocycles. The first kappa shape index (κ1) is 60.0. The molecule has 4 aromatic rings. The van der Waals surface area contributed by atoms with Gasteiger partial charge in [-0.25, -0.2) is 33.7 Å². The lowest BCUT2D eigenvalue weighted by molar-refractivity contribution is -0.890. The smallest absolute Gasteiger partial charge is 0.229 e. The molecule has 2 heterocycles. The van der Waals surface area contributed by atoms with Crippen LogP contribution < -0.4 is 24.0 Å². The highest BCUT2D eigenvalue weighted by atomic mass is 32.2. The first-order valence-corrected chi connectivity index (χ1v) is 30.0. The topological polar surface area (TPSA) is 286 Å². The molecule has 0 radical (unpaired) electrons. The number of amides is 2. The Morgan fingerprint density at radius 2 is 0.944 bits per heavy atom. The first-order chi connectivity index (χ1) is 33.0. The number of ether oxygens (including phenoxy) is 1. The van der Waals surface area contributed by atoms with Gasteiger partial charge in [0.2, 0.25) is 31.9 Å². The van der Waals surface area contributed by atoms with Crippen molar-refractivity contribution in [1.82, 2.24) is 9.80 Å². The number of anilines is 2. The summed E-state index contributed by atoms with van der Waals surface area (Å²) in [5.41, 5.74) is 4.08. The molecule has 0 saturated carbocycles. The number of carbonyl (C=O) groups excluding carboxylic acids is 2. The minimum absolute atomic E-state index is 0.0610. The molecule has 71 heavy (non-hydrogen) atoms. The van der Waals surface area contributed by atoms with Crippen molar-refractivity contribution in [3.8, 4) is 11.5 Å². The summed E-state index contributed by atoms with van der Waals surface area (Å²) >= 11 is 0. The SMILES string of the molecule is CN(C(=O)Cc1ccccc1NS(C)(=O)=O)C(C[NH+]1CCCC1)c1cccc(O)c1.COc1cccc(C(C[NH+]2CCCC2)N(C)C(=O)Cc2ccccc2NS(C)(=O)=O)c1.CS(=O)(=O)[O-].CS(=O)(=O)[O-]. The monoisotopic (exact) mass is 1070 g/mol. The van der Waals surface area contributed by atoms with E-state index in [0.29, 0.717) is 35.0 Å². The van der Waals surface area contributed by atoms with E-state index in [-0.39, 0.29) is 42.5 Å². The van der Waals surface area contributed by atoms with Crippen LogP contribution in [0, 0.1) is 0 Å². The number of phenolic OH excluding ortho intramolecular Hbond substituents is 1. The van der Waals surface area contributed by atoms with Gasteiger partial charge in [0.25, 0.3) is 0 Å². The molecule has 0 aliphatic carbocycles. The fourth-order valence-electron chi connectivity index (χ4n) is 8.11. The molecule has 4 aromatic carbocycles. The average Bonchev–Trinajstić information content (AvgIpc) is 3.99. The van der Waals surface area contributed by atoms with Gasteiger partial charge in [-0.1, -0.05) is 60.7 Å². The number of benzene rings is 4. The lowest BCUT2D eigenvalue weighted by Gasteiger charge is -2.30. The highest BCUT2D eigenvalue weighted by molar-refractivity contribution is 7.92. The number of hydrogen-bond donors (Lipinski definition) is 5. The van der Waals surface area contributed by atoms with Crippen molar-refractivity contribution in [2.75, 3.05) is 94.9 Å². The molecule has 0 aromatic heterocycles. The molecule has 2 atom stereocenters. The van der Waals surface area contributed by atoms with E-state index in [1.165, 1.54) is 35.5 Å². The van der Waals surface area contributed by atoms with Gasteiger partial charge in [-0.3, -0.25) is 19.0 Å². The third kappa shape index (κ3) is 24.1. The van der Waals surface area contributed by atoms with Crippen LogP contribution in [0.5, 0.6) is 11.5 Å². The van der Waals surface area contributed by atoms with E-state index in [4.69, 9.17) is 30.7 Å². The second kappa shape index (κ2) is 27.5. The number of nitrogens with one attached hydrogen (secondary N) is 4. The van der Waals surface area contributed by atoms with Crippen LogP contribution in [0.1, 0.15) is 60.0 Å². The highest BCUT2D eigenvalue weighted by Crippen LogP contribution is 2.27. The van der Waals surface area contributed by atoms with Gasteiger partial charge < -0.3 is 38.5 Å². The maximum Gasteiger partial charge on any atom is 0.229 e. The van der Waals surface area contributed by atoms with Crippen LogP contribution in [0.15, 0.2) is 97.1 Å². The second-order valence-corrected chi connectivity index (χ2v) is 23.9. The van der Waals surface area contributed by atoms with Crippen molar-refractivity contribution in [2.24, 2.45) is 0 Å². The molecule has 2 aliphatic rings. The van der Waals surface area contributed by atoms with Gasteiger partial charge in [0.1, 0.15) is 36.7 Å². The number of rotatable bonds is 17. The number of carbonyl (C=O) groups is 2. The van der Waals surface area contributed by atoms with Gasteiger partial charge >= 0.3 is 0 Å². The van der Waals surface area contributed by atoms with E-state index in [2.05, 4.69) is 9.44 Å². The molecule has 2 aliphatic heterocycles. The van der Waals surface area contributed by atoms with Crippen molar-refractivity contribution < 1.29 is 72.0 Å². The summed E-state index contributed by atoms with van der Waals surface area (Å²) < 4.78 is 112. The van der Waals surface area contributed by atoms with Crippen LogP contribution in [0.25, 0.3) is 0 Å². The Morgan fingerprint density at radius 1 is 0.592 bits per heavy atom. The summed E-state index contributed by atoms with van der Waals surface area (Å²) in [6.45, 7) is 6.00. The number of para-hydroxylation sites is 2. The number of phenols is 1. The van der Waals surface area contributed by atoms with E-state index >= 15 is 0 Å². The molecule has 5 N–H and O–H groups in total. The number of hydrogen-bond acceptors (Lipinski definition) is 14. The fraction of sp³-hybridized carbons (Fsp3) is 0.447. The number of likely N-dealkylation sites (N-methyl/N-ethyl adjacent to an activating group) is 2. The van der Waals surface area contributed by atoms with Crippen LogP contribution in [-0.4, -0.2) is 155 Å². The van der Waals surface area contributed by atoms with Crippen molar-refractivity contribution >= 4 is 63.5 Å². The Kier molecular flexibility index (Phi) is 23.2. The fourth-order valence-corrected chi connectivity index (χ4v) is 9.31. The third-order valence-corrected chi connectivity index (χ3v) is 12.5. The summed E-state index contributed by atoms with van der Waals surface area (Å²) in [5.74, 6) is 0.777. The Bertz CT molecular complexity index is 2780.